The lowest BCUT2D eigenvalue weighted by Gasteiger charge is -2.02. The molecular weight excluding hydrogens is 292 g/mol. The predicted octanol–water partition coefficient (Wildman–Crippen LogP) is 7.36. The Bertz CT molecular complexity index is 459. The third-order valence-electron chi connectivity index (χ3n) is 4.33. The Morgan fingerprint density at radius 2 is 1.46 bits per heavy atom. The minimum Gasteiger partial charge on any atom is -0.508 e. The molecule has 24 heavy (non-hydrogen) atoms. The van der Waals surface area contributed by atoms with Gasteiger partial charge in [-0.05, 0) is 62.6 Å². The number of allylic oxidation sites excluding steroid dienone is 4. The van der Waals surface area contributed by atoms with Gasteiger partial charge in [0.05, 0.1) is 0 Å². The summed E-state index contributed by atoms with van der Waals surface area (Å²) < 4.78 is 0. The van der Waals surface area contributed by atoms with Gasteiger partial charge >= 0.3 is 0 Å². The van der Waals surface area contributed by atoms with E-state index in [9.17, 15) is 5.11 Å². The van der Waals surface area contributed by atoms with Crippen LogP contribution in [0.15, 0.2) is 48.6 Å². The van der Waals surface area contributed by atoms with Gasteiger partial charge in [0, 0.05) is 0 Å². The topological polar surface area (TPSA) is 20.2 Å². The monoisotopic (exact) mass is 328 g/mol. The number of rotatable bonds is 14. The first-order chi connectivity index (χ1) is 11.8. The highest BCUT2D eigenvalue weighted by molar-refractivity contribution is 5.27. The molecule has 134 valence electrons. The average molecular weight is 329 g/mol. The van der Waals surface area contributed by atoms with Crippen molar-refractivity contribution in [3.63, 3.8) is 0 Å². The molecule has 0 fully saturated rings. The summed E-state index contributed by atoms with van der Waals surface area (Å²) in [5.41, 5.74) is 1.25. The molecule has 1 N–H and O–H groups in total. The summed E-state index contributed by atoms with van der Waals surface area (Å²) in [5.74, 6) is 0.384. The van der Waals surface area contributed by atoms with Gasteiger partial charge in [-0.15, -0.1) is 0 Å². The number of phenols is 1. The molecule has 0 atom stereocenters. The first-order valence-corrected chi connectivity index (χ1v) is 9.91. The van der Waals surface area contributed by atoms with Crippen LogP contribution >= 0.6 is 0 Å². The van der Waals surface area contributed by atoms with Crippen LogP contribution in [0.5, 0.6) is 5.75 Å². The van der Waals surface area contributed by atoms with Gasteiger partial charge in [0.25, 0.3) is 0 Å². The zero-order chi connectivity index (χ0) is 17.3. The van der Waals surface area contributed by atoms with E-state index in [0.29, 0.717) is 5.75 Å². The first kappa shape index (κ1) is 20.5. The van der Waals surface area contributed by atoms with Crippen molar-refractivity contribution in [1.82, 2.24) is 0 Å². The van der Waals surface area contributed by atoms with E-state index < -0.39 is 0 Å². The fourth-order valence-electron chi connectivity index (χ4n) is 2.85. The lowest BCUT2D eigenvalue weighted by atomic mass is 10.0. The van der Waals surface area contributed by atoms with Crippen LogP contribution in [0.3, 0.4) is 0 Å². The lowest BCUT2D eigenvalue weighted by Crippen LogP contribution is -1.86. The van der Waals surface area contributed by atoms with Crippen LogP contribution in [-0.2, 0) is 6.42 Å². The highest BCUT2D eigenvalue weighted by atomic mass is 16.3. The predicted molar refractivity (Wildman–Crippen MR) is 107 cm³/mol. The second kappa shape index (κ2) is 15.1. The molecule has 0 bridgehead atoms. The van der Waals surface area contributed by atoms with Gasteiger partial charge in [-0.25, -0.2) is 0 Å². The number of benzene rings is 1. The molecule has 0 radical (unpaired) electrons. The number of aromatic hydroxyl groups is 1. The fourth-order valence-corrected chi connectivity index (χ4v) is 2.85. The Labute approximate surface area is 149 Å². The smallest absolute Gasteiger partial charge is 0.115 e. The maximum absolute atomic E-state index is 9.43. The molecule has 0 aliphatic rings. The highest BCUT2D eigenvalue weighted by Gasteiger charge is 1.95. The first-order valence-electron chi connectivity index (χ1n) is 9.91. The molecule has 1 aromatic carbocycles. The van der Waals surface area contributed by atoms with E-state index in [2.05, 4.69) is 37.3 Å². The molecule has 0 heterocycles. The van der Waals surface area contributed by atoms with Crippen LogP contribution < -0.4 is 0 Å². The SMILES string of the molecule is CCCCCC=CCC=CCCCCCCCc1cccc(O)c1. The summed E-state index contributed by atoms with van der Waals surface area (Å²) in [6.45, 7) is 2.25. The van der Waals surface area contributed by atoms with Gasteiger partial charge in [-0.1, -0.05) is 75.5 Å². The van der Waals surface area contributed by atoms with Crippen molar-refractivity contribution in [2.24, 2.45) is 0 Å². The lowest BCUT2D eigenvalue weighted by molar-refractivity contribution is 0.474. The molecular formula is C23H36O. The minimum atomic E-state index is 0.384. The Balaban J connectivity index is 1.87. The van der Waals surface area contributed by atoms with Crippen molar-refractivity contribution >= 4 is 0 Å². The minimum absolute atomic E-state index is 0.384. The summed E-state index contributed by atoms with van der Waals surface area (Å²) >= 11 is 0. The van der Waals surface area contributed by atoms with Crippen LogP contribution in [0, 0.1) is 0 Å². The normalized spacial score (nSPS) is 11.7. The van der Waals surface area contributed by atoms with Crippen molar-refractivity contribution in [2.75, 3.05) is 0 Å². The van der Waals surface area contributed by atoms with Gasteiger partial charge in [-0.2, -0.15) is 0 Å². The van der Waals surface area contributed by atoms with Crippen molar-refractivity contribution in [3.05, 3.63) is 54.1 Å². The number of aryl methyl sites for hydroxylation is 1. The van der Waals surface area contributed by atoms with Gasteiger partial charge in [0.15, 0.2) is 0 Å². The van der Waals surface area contributed by atoms with Crippen LogP contribution in [0.4, 0.5) is 0 Å². The zero-order valence-electron chi connectivity index (χ0n) is 15.6. The van der Waals surface area contributed by atoms with Crippen molar-refractivity contribution in [2.45, 2.75) is 84.0 Å². The second-order valence-electron chi connectivity index (χ2n) is 6.65. The maximum Gasteiger partial charge on any atom is 0.115 e. The fraction of sp³-hybridized carbons (Fsp3) is 0.565. The number of unbranched alkanes of at least 4 members (excludes halogenated alkanes) is 8. The molecule has 1 rings (SSSR count). The van der Waals surface area contributed by atoms with E-state index >= 15 is 0 Å². The molecule has 0 amide bonds. The van der Waals surface area contributed by atoms with Gasteiger partial charge in [0.1, 0.15) is 5.75 Å². The molecule has 1 heteroatoms. The van der Waals surface area contributed by atoms with Gasteiger partial charge < -0.3 is 5.11 Å². The summed E-state index contributed by atoms with van der Waals surface area (Å²) in [4.78, 5) is 0. The molecule has 0 saturated carbocycles. The highest BCUT2D eigenvalue weighted by Crippen LogP contribution is 2.14. The molecule has 1 aromatic rings. The molecule has 0 spiro atoms. The third-order valence-corrected chi connectivity index (χ3v) is 4.33. The number of hydrogen-bond donors (Lipinski definition) is 1. The molecule has 0 aromatic heterocycles. The van der Waals surface area contributed by atoms with Crippen LogP contribution in [0.25, 0.3) is 0 Å². The molecule has 0 unspecified atom stereocenters. The Morgan fingerprint density at radius 1 is 0.792 bits per heavy atom. The van der Waals surface area contributed by atoms with Crippen molar-refractivity contribution in [1.29, 1.82) is 0 Å². The zero-order valence-corrected chi connectivity index (χ0v) is 15.6. The van der Waals surface area contributed by atoms with Crippen LogP contribution in [0.1, 0.15) is 83.1 Å². The van der Waals surface area contributed by atoms with E-state index in [4.69, 9.17) is 0 Å². The number of phenolic OH excluding ortho intramolecular Hbond substituents is 1. The van der Waals surface area contributed by atoms with E-state index in [1.54, 1.807) is 6.07 Å². The summed E-state index contributed by atoms with van der Waals surface area (Å²) in [6.07, 6.45) is 24.4. The van der Waals surface area contributed by atoms with Crippen molar-refractivity contribution in [3.8, 4) is 5.75 Å². The molecule has 1 nitrogen and oxygen atoms in total. The molecule has 0 aliphatic heterocycles. The largest absolute Gasteiger partial charge is 0.508 e. The Morgan fingerprint density at radius 3 is 2.17 bits per heavy atom. The summed E-state index contributed by atoms with van der Waals surface area (Å²) in [7, 11) is 0. The Kier molecular flexibility index (Phi) is 12.9. The van der Waals surface area contributed by atoms with Gasteiger partial charge in [-0.3, -0.25) is 0 Å². The quantitative estimate of drug-likeness (QED) is 0.279. The average Bonchev–Trinajstić information content (AvgIpc) is 2.58. The summed E-state index contributed by atoms with van der Waals surface area (Å²) in [6, 6.07) is 7.64. The molecule has 0 saturated heterocycles. The van der Waals surface area contributed by atoms with E-state index in [1.165, 1.54) is 69.8 Å². The van der Waals surface area contributed by atoms with Gasteiger partial charge in [0.2, 0.25) is 0 Å². The van der Waals surface area contributed by atoms with E-state index in [0.717, 1.165) is 12.8 Å². The van der Waals surface area contributed by atoms with Crippen LogP contribution in [-0.4, -0.2) is 5.11 Å². The van der Waals surface area contributed by atoms with Crippen LogP contribution in [0.2, 0.25) is 0 Å². The third kappa shape index (κ3) is 12.0. The maximum atomic E-state index is 9.43. The molecule has 0 aliphatic carbocycles. The Hall–Kier alpha value is -1.50. The second-order valence-corrected chi connectivity index (χ2v) is 6.65. The van der Waals surface area contributed by atoms with E-state index in [-0.39, 0.29) is 0 Å². The van der Waals surface area contributed by atoms with E-state index in [1.807, 2.05) is 12.1 Å². The number of hydrogen-bond acceptors (Lipinski definition) is 1. The van der Waals surface area contributed by atoms with Crippen molar-refractivity contribution < 1.29 is 5.11 Å². The standard InChI is InChI=1S/C23H36O/c1-2-3-4-5-6-7-8-9-10-11-12-13-14-15-16-18-22-19-17-20-23(24)21-22/h6-7,9-10,17,19-21,24H,2-5,8,11-16,18H2,1H3. The summed E-state index contributed by atoms with van der Waals surface area (Å²) in [5, 5.41) is 9.43.